The van der Waals surface area contributed by atoms with Crippen molar-refractivity contribution in [2.75, 3.05) is 23.6 Å². The fourth-order valence-corrected chi connectivity index (χ4v) is 2.72. The van der Waals surface area contributed by atoms with Gasteiger partial charge in [0.15, 0.2) is 0 Å². The molecule has 0 aromatic heterocycles. The molecule has 1 aliphatic rings. The number of amides is 1. The molecule has 1 atom stereocenters. The summed E-state index contributed by atoms with van der Waals surface area (Å²) in [5.41, 5.74) is 1.29. The maximum atomic E-state index is 12.2. The van der Waals surface area contributed by atoms with E-state index in [0.29, 0.717) is 11.4 Å². The van der Waals surface area contributed by atoms with Crippen LogP contribution in [0.15, 0.2) is 18.2 Å². The Hall–Kier alpha value is -1.34. The van der Waals surface area contributed by atoms with Crippen LogP contribution in [-0.4, -0.2) is 36.6 Å². The third-order valence-corrected chi connectivity index (χ3v) is 3.79. The molecule has 7 heteroatoms. The number of hydrogen-bond donors (Lipinski definition) is 2. The van der Waals surface area contributed by atoms with Crippen LogP contribution in [0.25, 0.3) is 0 Å². The Balaban J connectivity index is 2.00. The molecule has 2 rings (SSSR count). The van der Waals surface area contributed by atoms with Gasteiger partial charge in [0.05, 0.1) is 6.04 Å². The van der Waals surface area contributed by atoms with Crippen molar-refractivity contribution < 1.29 is 18.3 Å². The predicted octanol–water partition coefficient (Wildman–Crippen LogP) is 2.24. The molecule has 1 aromatic rings. The number of alkyl halides is 2. The second-order valence-corrected chi connectivity index (χ2v) is 5.47. The summed E-state index contributed by atoms with van der Waals surface area (Å²) in [6, 6.07) is 4.81. The van der Waals surface area contributed by atoms with Gasteiger partial charge in [-0.15, -0.1) is 11.8 Å². The zero-order chi connectivity index (χ0) is 14.5. The fraction of sp³-hybridized carbons (Fsp3) is 0.462. The molecule has 1 aromatic carbocycles. The summed E-state index contributed by atoms with van der Waals surface area (Å²) >= 11 is 1.66. The van der Waals surface area contributed by atoms with Crippen molar-refractivity contribution in [2.24, 2.45) is 0 Å². The predicted molar refractivity (Wildman–Crippen MR) is 75.6 cm³/mol. The summed E-state index contributed by atoms with van der Waals surface area (Å²) in [6.45, 7) is 1.11. The maximum Gasteiger partial charge on any atom is 0.272 e. The van der Waals surface area contributed by atoms with Gasteiger partial charge in [-0.3, -0.25) is 10.1 Å². The minimum atomic E-state index is -2.52. The number of hydrogen-bond acceptors (Lipinski definition) is 4. The van der Waals surface area contributed by atoms with Gasteiger partial charge < -0.3 is 10.1 Å². The number of ether oxygens (including phenoxy) is 1. The molecule has 0 radical (unpaired) electrons. The van der Waals surface area contributed by atoms with E-state index in [1.165, 1.54) is 0 Å². The normalized spacial score (nSPS) is 18.3. The molecule has 1 fully saturated rings. The number of rotatable bonds is 5. The van der Waals surface area contributed by atoms with E-state index >= 15 is 0 Å². The molecule has 0 unspecified atom stereocenters. The Kier molecular flexibility index (Phi) is 5.19. The van der Waals surface area contributed by atoms with Crippen LogP contribution in [0.3, 0.4) is 0 Å². The molecule has 1 aliphatic heterocycles. The second kappa shape index (κ2) is 6.90. The van der Waals surface area contributed by atoms with Crippen LogP contribution in [0, 0.1) is 6.92 Å². The van der Waals surface area contributed by atoms with Crippen molar-refractivity contribution in [1.82, 2.24) is 5.32 Å². The summed E-state index contributed by atoms with van der Waals surface area (Å²) in [5, 5.41) is 5.82. The molecular weight excluding hydrogens is 286 g/mol. The van der Waals surface area contributed by atoms with Crippen LogP contribution in [0.1, 0.15) is 5.56 Å². The first-order chi connectivity index (χ1) is 9.56. The minimum absolute atomic E-state index is 0.126. The van der Waals surface area contributed by atoms with Gasteiger partial charge in [0, 0.05) is 23.4 Å². The lowest BCUT2D eigenvalue weighted by Crippen LogP contribution is -2.37. The summed E-state index contributed by atoms with van der Waals surface area (Å²) in [7, 11) is 0. The van der Waals surface area contributed by atoms with Crippen molar-refractivity contribution in [1.29, 1.82) is 0 Å². The highest BCUT2D eigenvalue weighted by atomic mass is 32.2. The molecule has 0 bridgehead atoms. The Morgan fingerprint density at radius 2 is 2.40 bits per heavy atom. The molecule has 1 amide bonds. The highest BCUT2D eigenvalue weighted by Gasteiger charge is 2.22. The molecule has 2 N–H and O–H groups in total. The standard InChI is InChI=1S/C13H16F2N2O2S/c1-8-2-3-9(4-11(8)19-5-12(14)15)17-13(18)10-6-20-7-16-10/h2-4,10,12,16H,5-7H2,1H3,(H,17,18)/t10-/m1/s1. The van der Waals surface area contributed by atoms with Crippen LogP contribution in [-0.2, 0) is 4.79 Å². The highest BCUT2D eigenvalue weighted by molar-refractivity contribution is 7.99. The number of nitrogens with one attached hydrogen (secondary N) is 2. The van der Waals surface area contributed by atoms with E-state index in [-0.39, 0.29) is 11.9 Å². The van der Waals surface area contributed by atoms with E-state index in [1.54, 1.807) is 36.9 Å². The number of aryl methyl sites for hydroxylation is 1. The first-order valence-electron chi connectivity index (χ1n) is 6.20. The molecular formula is C13H16F2N2O2S. The summed E-state index contributed by atoms with van der Waals surface area (Å²) in [6.07, 6.45) is -2.52. The average Bonchev–Trinajstić information content (AvgIpc) is 2.93. The lowest BCUT2D eigenvalue weighted by Gasteiger charge is -2.13. The summed E-state index contributed by atoms with van der Waals surface area (Å²) in [4.78, 5) is 11.9. The molecule has 4 nitrogen and oxygen atoms in total. The fourth-order valence-electron chi connectivity index (χ4n) is 1.78. The van der Waals surface area contributed by atoms with Crippen molar-refractivity contribution >= 4 is 23.4 Å². The molecule has 0 spiro atoms. The number of halogens is 2. The molecule has 110 valence electrons. The van der Waals surface area contributed by atoms with Gasteiger partial charge in [0.1, 0.15) is 12.4 Å². The van der Waals surface area contributed by atoms with Crippen LogP contribution >= 0.6 is 11.8 Å². The molecule has 1 saturated heterocycles. The first kappa shape index (κ1) is 15.1. The smallest absolute Gasteiger partial charge is 0.272 e. The Labute approximate surface area is 120 Å². The third kappa shape index (κ3) is 4.08. The highest BCUT2D eigenvalue weighted by Crippen LogP contribution is 2.23. The van der Waals surface area contributed by atoms with E-state index in [2.05, 4.69) is 10.6 Å². The first-order valence-corrected chi connectivity index (χ1v) is 7.35. The molecule has 20 heavy (non-hydrogen) atoms. The largest absolute Gasteiger partial charge is 0.487 e. The average molecular weight is 302 g/mol. The maximum absolute atomic E-state index is 12.2. The van der Waals surface area contributed by atoms with Crippen molar-refractivity contribution in [3.05, 3.63) is 23.8 Å². The van der Waals surface area contributed by atoms with Gasteiger partial charge in [-0.25, -0.2) is 8.78 Å². The number of carbonyl (C=O) groups is 1. The van der Waals surface area contributed by atoms with Crippen LogP contribution in [0.5, 0.6) is 5.75 Å². The van der Waals surface area contributed by atoms with Gasteiger partial charge in [-0.1, -0.05) is 6.07 Å². The van der Waals surface area contributed by atoms with E-state index in [0.717, 1.165) is 17.2 Å². The Morgan fingerprint density at radius 3 is 3.05 bits per heavy atom. The van der Waals surface area contributed by atoms with Gasteiger partial charge in [0.2, 0.25) is 5.91 Å². The van der Waals surface area contributed by atoms with Gasteiger partial charge in [-0.05, 0) is 18.6 Å². The number of anilines is 1. The van der Waals surface area contributed by atoms with E-state index < -0.39 is 13.0 Å². The quantitative estimate of drug-likeness (QED) is 0.876. The number of carbonyl (C=O) groups excluding carboxylic acids is 1. The van der Waals surface area contributed by atoms with Crippen molar-refractivity contribution in [3.8, 4) is 5.75 Å². The SMILES string of the molecule is Cc1ccc(NC(=O)[C@H]2CSCN2)cc1OCC(F)F. The summed E-state index contributed by atoms with van der Waals surface area (Å²) < 4.78 is 29.3. The van der Waals surface area contributed by atoms with Crippen LogP contribution in [0.4, 0.5) is 14.5 Å². The van der Waals surface area contributed by atoms with Crippen LogP contribution in [0.2, 0.25) is 0 Å². The zero-order valence-corrected chi connectivity index (χ0v) is 11.8. The molecule has 1 heterocycles. The topological polar surface area (TPSA) is 50.4 Å². The van der Waals surface area contributed by atoms with Crippen LogP contribution < -0.4 is 15.4 Å². The third-order valence-electron chi connectivity index (χ3n) is 2.85. The Morgan fingerprint density at radius 1 is 1.60 bits per heavy atom. The molecule has 0 saturated carbocycles. The molecule has 0 aliphatic carbocycles. The minimum Gasteiger partial charge on any atom is -0.487 e. The zero-order valence-electron chi connectivity index (χ0n) is 11.0. The van der Waals surface area contributed by atoms with E-state index in [1.807, 2.05) is 0 Å². The van der Waals surface area contributed by atoms with Crippen molar-refractivity contribution in [2.45, 2.75) is 19.4 Å². The van der Waals surface area contributed by atoms with Gasteiger partial charge >= 0.3 is 0 Å². The second-order valence-electron chi connectivity index (χ2n) is 4.44. The number of benzene rings is 1. The Bertz CT molecular complexity index is 479. The lowest BCUT2D eigenvalue weighted by atomic mass is 10.2. The monoisotopic (exact) mass is 302 g/mol. The van der Waals surface area contributed by atoms with Crippen molar-refractivity contribution in [3.63, 3.8) is 0 Å². The summed E-state index contributed by atoms with van der Waals surface area (Å²) in [5.74, 6) is 1.72. The lowest BCUT2D eigenvalue weighted by molar-refractivity contribution is -0.117. The van der Waals surface area contributed by atoms with Gasteiger partial charge in [-0.2, -0.15) is 0 Å². The number of thioether (sulfide) groups is 1. The van der Waals surface area contributed by atoms with E-state index in [9.17, 15) is 13.6 Å². The van der Waals surface area contributed by atoms with Gasteiger partial charge in [0.25, 0.3) is 6.43 Å². The van der Waals surface area contributed by atoms with E-state index in [4.69, 9.17) is 4.74 Å².